The maximum atomic E-state index is 11.5. The van der Waals surface area contributed by atoms with Crippen molar-refractivity contribution in [3.8, 4) is 0 Å². The predicted octanol–water partition coefficient (Wildman–Crippen LogP) is 1.93. The minimum Gasteiger partial charge on any atom is -0.399 e. The van der Waals surface area contributed by atoms with Crippen LogP contribution >= 0.6 is 0 Å². The molecule has 0 fully saturated rings. The van der Waals surface area contributed by atoms with Gasteiger partial charge in [0.15, 0.2) is 0 Å². The van der Waals surface area contributed by atoms with Gasteiger partial charge >= 0.3 is 0 Å². The molecule has 0 saturated carbocycles. The van der Waals surface area contributed by atoms with Gasteiger partial charge in [-0.25, -0.2) is 0 Å². The Morgan fingerprint density at radius 2 is 1.94 bits per heavy atom. The largest absolute Gasteiger partial charge is 0.399 e. The Morgan fingerprint density at radius 1 is 1.31 bits per heavy atom. The highest BCUT2D eigenvalue weighted by molar-refractivity contribution is 5.77. The van der Waals surface area contributed by atoms with Gasteiger partial charge in [-0.15, -0.1) is 0 Å². The zero-order chi connectivity index (χ0) is 12.0. The van der Waals surface area contributed by atoms with Crippen LogP contribution in [0.1, 0.15) is 26.7 Å². The number of nitrogen functional groups attached to an aromatic ring is 1. The average molecular weight is 221 g/mol. The summed E-state index contributed by atoms with van der Waals surface area (Å²) in [6.07, 6.45) is 1.40. The van der Waals surface area contributed by atoms with Crippen molar-refractivity contribution in [2.75, 3.05) is 17.3 Å². The molecule has 0 heterocycles. The highest BCUT2D eigenvalue weighted by atomic mass is 16.2. The molecule has 4 heteroatoms. The fraction of sp³-hybridized carbons (Fsp3) is 0.417. The van der Waals surface area contributed by atoms with Crippen LogP contribution in [-0.4, -0.2) is 12.5 Å². The van der Waals surface area contributed by atoms with Crippen LogP contribution in [-0.2, 0) is 4.79 Å². The molecule has 0 aliphatic heterocycles. The van der Waals surface area contributed by atoms with Gasteiger partial charge < -0.3 is 5.73 Å². The number of carbonyl (C=O) groups excluding carboxylic acids is 1. The molecule has 0 bridgehead atoms. The van der Waals surface area contributed by atoms with Gasteiger partial charge in [-0.2, -0.15) is 0 Å². The number of nitrogens with zero attached hydrogens (tertiary/aromatic N) is 1. The summed E-state index contributed by atoms with van der Waals surface area (Å²) in [5, 5.41) is 1.82. The summed E-state index contributed by atoms with van der Waals surface area (Å²) >= 11 is 0. The molecule has 0 saturated heterocycles. The van der Waals surface area contributed by atoms with Crippen LogP contribution in [0, 0.1) is 0 Å². The highest BCUT2D eigenvalue weighted by Crippen LogP contribution is 2.14. The molecule has 1 rings (SSSR count). The Hall–Kier alpha value is -1.71. The molecule has 0 aromatic heterocycles. The maximum Gasteiger partial charge on any atom is 0.238 e. The third kappa shape index (κ3) is 3.46. The van der Waals surface area contributed by atoms with Crippen LogP contribution in [0.3, 0.4) is 0 Å². The number of rotatable bonds is 5. The fourth-order valence-electron chi connectivity index (χ4n) is 1.41. The van der Waals surface area contributed by atoms with Gasteiger partial charge in [-0.1, -0.05) is 6.92 Å². The Balaban J connectivity index is 2.67. The number of nitrogens with two attached hydrogens (primary N) is 1. The molecule has 0 aliphatic rings. The lowest BCUT2D eigenvalue weighted by Gasteiger charge is -2.23. The van der Waals surface area contributed by atoms with E-state index < -0.39 is 0 Å². The topological polar surface area (TPSA) is 58.4 Å². The number of amides is 1. The van der Waals surface area contributed by atoms with Crippen LogP contribution in [0.4, 0.5) is 11.4 Å². The molecule has 4 nitrogen and oxygen atoms in total. The maximum absolute atomic E-state index is 11.5. The first-order valence-corrected chi connectivity index (χ1v) is 5.60. The van der Waals surface area contributed by atoms with E-state index in [1.807, 2.05) is 43.1 Å². The highest BCUT2D eigenvalue weighted by Gasteiger charge is 2.07. The van der Waals surface area contributed by atoms with E-state index in [2.05, 4.69) is 5.43 Å². The van der Waals surface area contributed by atoms with Crippen molar-refractivity contribution in [2.45, 2.75) is 26.7 Å². The molecule has 3 N–H and O–H groups in total. The number of anilines is 2. The normalized spacial score (nSPS) is 9.88. The summed E-state index contributed by atoms with van der Waals surface area (Å²) in [4.78, 5) is 11.5. The third-order valence-electron chi connectivity index (χ3n) is 2.26. The van der Waals surface area contributed by atoms with Crippen LogP contribution in [0.2, 0.25) is 0 Å². The summed E-state index contributed by atoms with van der Waals surface area (Å²) in [5.74, 6) is 0.0428. The standard InChI is InChI=1S/C12H19N3O/c1-3-5-12(16)14-15(4-2)11-8-6-10(13)7-9-11/h6-9H,3-5,13H2,1-2H3,(H,14,16). The zero-order valence-corrected chi connectivity index (χ0v) is 9.86. The van der Waals surface area contributed by atoms with Crippen LogP contribution in [0.15, 0.2) is 24.3 Å². The molecule has 0 spiro atoms. The number of hydrogen-bond donors (Lipinski definition) is 2. The molecule has 0 aliphatic carbocycles. The van der Waals surface area contributed by atoms with E-state index in [-0.39, 0.29) is 5.91 Å². The van der Waals surface area contributed by atoms with Crippen molar-refractivity contribution in [1.82, 2.24) is 5.43 Å². The summed E-state index contributed by atoms with van der Waals surface area (Å²) in [5.41, 5.74) is 10.1. The summed E-state index contributed by atoms with van der Waals surface area (Å²) < 4.78 is 0. The van der Waals surface area contributed by atoms with Gasteiger partial charge in [0.05, 0.1) is 5.69 Å². The SMILES string of the molecule is CCCC(=O)NN(CC)c1ccc(N)cc1. The number of hydrazine groups is 1. The van der Waals surface area contributed by atoms with E-state index in [1.54, 1.807) is 0 Å². The molecule has 16 heavy (non-hydrogen) atoms. The number of benzene rings is 1. The van der Waals surface area contributed by atoms with Crippen molar-refractivity contribution in [1.29, 1.82) is 0 Å². The van der Waals surface area contributed by atoms with Crippen LogP contribution in [0.25, 0.3) is 0 Å². The Kier molecular flexibility index (Phi) is 4.64. The second-order valence-electron chi connectivity index (χ2n) is 3.62. The van der Waals surface area contributed by atoms with Gasteiger partial charge in [0.2, 0.25) is 5.91 Å². The van der Waals surface area contributed by atoms with E-state index >= 15 is 0 Å². The Morgan fingerprint density at radius 3 is 2.44 bits per heavy atom. The van der Waals surface area contributed by atoms with Crippen molar-refractivity contribution in [2.24, 2.45) is 0 Å². The third-order valence-corrected chi connectivity index (χ3v) is 2.26. The molecule has 0 atom stereocenters. The van der Waals surface area contributed by atoms with Crippen molar-refractivity contribution >= 4 is 17.3 Å². The summed E-state index contributed by atoms with van der Waals surface area (Å²) in [6, 6.07) is 7.43. The minimum atomic E-state index is 0.0428. The molecule has 0 unspecified atom stereocenters. The quantitative estimate of drug-likeness (QED) is 0.590. The molecule has 1 amide bonds. The zero-order valence-electron chi connectivity index (χ0n) is 9.86. The van der Waals surface area contributed by atoms with E-state index in [0.717, 1.165) is 24.3 Å². The smallest absolute Gasteiger partial charge is 0.238 e. The monoisotopic (exact) mass is 221 g/mol. The fourth-order valence-corrected chi connectivity index (χ4v) is 1.41. The summed E-state index contributed by atoms with van der Waals surface area (Å²) in [7, 11) is 0. The first kappa shape index (κ1) is 12.4. The van der Waals surface area contributed by atoms with Crippen molar-refractivity contribution in [3.05, 3.63) is 24.3 Å². The first-order chi connectivity index (χ1) is 7.67. The average Bonchev–Trinajstić information content (AvgIpc) is 2.27. The molecule has 1 aromatic carbocycles. The lowest BCUT2D eigenvalue weighted by Crippen LogP contribution is -2.42. The van der Waals surface area contributed by atoms with Gasteiger partial charge in [0.1, 0.15) is 0 Å². The van der Waals surface area contributed by atoms with Crippen molar-refractivity contribution < 1.29 is 4.79 Å². The van der Waals surface area contributed by atoms with Crippen LogP contribution < -0.4 is 16.2 Å². The lowest BCUT2D eigenvalue weighted by molar-refractivity contribution is -0.121. The summed E-state index contributed by atoms with van der Waals surface area (Å²) in [6.45, 7) is 4.70. The molecule has 1 aromatic rings. The van der Waals surface area contributed by atoms with E-state index in [9.17, 15) is 4.79 Å². The molecule has 88 valence electrons. The van der Waals surface area contributed by atoms with E-state index in [1.165, 1.54) is 0 Å². The number of carbonyl (C=O) groups is 1. The number of hydrogen-bond acceptors (Lipinski definition) is 3. The minimum absolute atomic E-state index is 0.0428. The second-order valence-corrected chi connectivity index (χ2v) is 3.62. The lowest BCUT2D eigenvalue weighted by atomic mass is 10.3. The molecule has 0 radical (unpaired) electrons. The van der Waals surface area contributed by atoms with Gasteiger partial charge in [0.25, 0.3) is 0 Å². The molecular weight excluding hydrogens is 202 g/mol. The van der Waals surface area contributed by atoms with Crippen LogP contribution in [0.5, 0.6) is 0 Å². The first-order valence-electron chi connectivity index (χ1n) is 5.60. The van der Waals surface area contributed by atoms with E-state index in [0.29, 0.717) is 6.42 Å². The second kappa shape index (κ2) is 6.00. The van der Waals surface area contributed by atoms with Gasteiger partial charge in [0, 0.05) is 18.7 Å². The predicted molar refractivity (Wildman–Crippen MR) is 66.9 cm³/mol. The van der Waals surface area contributed by atoms with Crippen molar-refractivity contribution in [3.63, 3.8) is 0 Å². The Labute approximate surface area is 96.4 Å². The van der Waals surface area contributed by atoms with Gasteiger partial charge in [-0.3, -0.25) is 15.2 Å². The molecular formula is C12H19N3O. The van der Waals surface area contributed by atoms with E-state index in [4.69, 9.17) is 5.73 Å². The van der Waals surface area contributed by atoms with Gasteiger partial charge in [-0.05, 0) is 37.6 Å². The number of nitrogens with one attached hydrogen (secondary N) is 1. The Bertz CT molecular complexity index is 335.